The lowest BCUT2D eigenvalue weighted by molar-refractivity contribution is 1.04. The summed E-state index contributed by atoms with van der Waals surface area (Å²) >= 11 is 1.67. The van der Waals surface area contributed by atoms with Crippen LogP contribution in [0.1, 0.15) is 12.6 Å². The Morgan fingerprint density at radius 1 is 1.45 bits per heavy atom. The molecule has 3 heteroatoms. The summed E-state index contributed by atoms with van der Waals surface area (Å²) in [6, 6.07) is 2.10. The molecule has 56 valence electrons. The van der Waals surface area contributed by atoms with Crippen molar-refractivity contribution >= 4 is 21.6 Å². The third-order valence-electron chi connectivity index (χ3n) is 1.64. The minimum absolute atomic E-state index is 0.994. The van der Waals surface area contributed by atoms with Crippen LogP contribution < -0.4 is 0 Å². The maximum absolute atomic E-state index is 4.24. The molecule has 0 bridgehead atoms. The van der Waals surface area contributed by atoms with Crippen molar-refractivity contribution in [3.63, 3.8) is 0 Å². The molecule has 2 heterocycles. The van der Waals surface area contributed by atoms with Crippen LogP contribution in [-0.2, 0) is 6.42 Å². The van der Waals surface area contributed by atoms with E-state index in [0.717, 1.165) is 17.6 Å². The molecule has 2 aromatic rings. The van der Waals surface area contributed by atoms with Crippen LogP contribution in [0.15, 0.2) is 17.8 Å². The summed E-state index contributed by atoms with van der Waals surface area (Å²) in [6.07, 6.45) is 2.83. The van der Waals surface area contributed by atoms with E-state index in [1.807, 2.05) is 11.7 Å². The van der Waals surface area contributed by atoms with E-state index in [1.54, 1.807) is 11.3 Å². The Labute approximate surface area is 68.9 Å². The minimum Gasteiger partial charge on any atom is -0.259 e. The van der Waals surface area contributed by atoms with Gasteiger partial charge in [-0.2, -0.15) is 0 Å². The van der Waals surface area contributed by atoms with Crippen LogP contribution in [0, 0.1) is 0 Å². The molecule has 0 aliphatic carbocycles. The van der Waals surface area contributed by atoms with Crippen LogP contribution in [0.4, 0.5) is 0 Å². The largest absolute Gasteiger partial charge is 0.259 e. The van der Waals surface area contributed by atoms with Gasteiger partial charge in [0.1, 0.15) is 0 Å². The Kier molecular flexibility index (Phi) is 1.58. The Bertz CT molecular complexity index is 367. The second kappa shape index (κ2) is 2.58. The van der Waals surface area contributed by atoms with Crippen LogP contribution in [0.5, 0.6) is 0 Å². The molecule has 0 saturated heterocycles. The van der Waals surface area contributed by atoms with Gasteiger partial charge in [-0.3, -0.25) is 4.98 Å². The molecule has 0 saturated carbocycles. The van der Waals surface area contributed by atoms with Crippen LogP contribution >= 0.6 is 11.3 Å². The zero-order chi connectivity index (χ0) is 7.68. The van der Waals surface area contributed by atoms with Crippen molar-refractivity contribution in [2.45, 2.75) is 13.3 Å². The molecule has 2 rings (SSSR count). The van der Waals surface area contributed by atoms with Gasteiger partial charge in [-0.05, 0) is 12.5 Å². The first-order valence-corrected chi connectivity index (χ1v) is 4.46. The average Bonchev–Trinajstić information content (AvgIpc) is 2.50. The first-order valence-electron chi connectivity index (χ1n) is 3.58. The third-order valence-corrected chi connectivity index (χ3v) is 2.43. The molecular weight excluding hydrogens is 156 g/mol. The maximum atomic E-state index is 4.24. The van der Waals surface area contributed by atoms with Gasteiger partial charge < -0.3 is 0 Å². The SMILES string of the molecule is CCc1cc2scnc2cn1. The van der Waals surface area contributed by atoms with Gasteiger partial charge >= 0.3 is 0 Å². The van der Waals surface area contributed by atoms with Crippen molar-refractivity contribution in [3.8, 4) is 0 Å². The number of hydrogen-bond acceptors (Lipinski definition) is 3. The van der Waals surface area contributed by atoms with Gasteiger partial charge in [0.05, 0.1) is 21.9 Å². The molecule has 0 fully saturated rings. The molecule has 0 amide bonds. The first-order chi connectivity index (χ1) is 5.40. The Morgan fingerprint density at radius 2 is 2.36 bits per heavy atom. The zero-order valence-electron chi connectivity index (χ0n) is 6.24. The third kappa shape index (κ3) is 1.12. The number of aromatic nitrogens is 2. The van der Waals surface area contributed by atoms with Gasteiger partial charge in [-0.15, -0.1) is 11.3 Å². The Balaban J connectivity index is 2.67. The molecule has 0 spiro atoms. The molecule has 0 N–H and O–H groups in total. The zero-order valence-corrected chi connectivity index (χ0v) is 7.06. The van der Waals surface area contributed by atoms with Crippen molar-refractivity contribution in [1.82, 2.24) is 9.97 Å². The molecule has 2 nitrogen and oxygen atoms in total. The summed E-state index contributed by atoms with van der Waals surface area (Å²) in [5.41, 5.74) is 4.00. The number of fused-ring (bicyclic) bond motifs is 1. The van der Waals surface area contributed by atoms with Crippen LogP contribution in [0.3, 0.4) is 0 Å². The number of thiazole rings is 1. The van der Waals surface area contributed by atoms with E-state index in [4.69, 9.17) is 0 Å². The fraction of sp³-hybridized carbons (Fsp3) is 0.250. The Hall–Kier alpha value is -0.960. The monoisotopic (exact) mass is 164 g/mol. The highest BCUT2D eigenvalue weighted by atomic mass is 32.1. The molecule has 11 heavy (non-hydrogen) atoms. The van der Waals surface area contributed by atoms with E-state index in [1.165, 1.54) is 4.70 Å². The van der Waals surface area contributed by atoms with Crippen LogP contribution in [-0.4, -0.2) is 9.97 Å². The fourth-order valence-corrected chi connectivity index (χ4v) is 1.70. The van der Waals surface area contributed by atoms with Crippen molar-refractivity contribution in [1.29, 1.82) is 0 Å². The maximum Gasteiger partial charge on any atom is 0.0995 e. The normalized spacial score (nSPS) is 10.6. The Morgan fingerprint density at radius 3 is 3.18 bits per heavy atom. The smallest absolute Gasteiger partial charge is 0.0995 e. The highest BCUT2D eigenvalue weighted by Gasteiger charge is 1.97. The van der Waals surface area contributed by atoms with Crippen molar-refractivity contribution in [2.75, 3.05) is 0 Å². The second-order valence-corrected chi connectivity index (χ2v) is 3.24. The predicted octanol–water partition coefficient (Wildman–Crippen LogP) is 2.25. The van der Waals surface area contributed by atoms with Gasteiger partial charge in [0.15, 0.2) is 0 Å². The number of rotatable bonds is 1. The summed E-state index contributed by atoms with van der Waals surface area (Å²) in [5, 5.41) is 0. The summed E-state index contributed by atoms with van der Waals surface area (Å²) < 4.78 is 1.23. The highest BCUT2D eigenvalue weighted by Crippen LogP contribution is 2.16. The topological polar surface area (TPSA) is 25.8 Å². The van der Waals surface area contributed by atoms with E-state index >= 15 is 0 Å². The van der Waals surface area contributed by atoms with E-state index in [9.17, 15) is 0 Å². The molecule has 0 radical (unpaired) electrons. The molecule has 0 aliphatic rings. The molecular formula is C8H8N2S. The van der Waals surface area contributed by atoms with Crippen LogP contribution in [0.2, 0.25) is 0 Å². The molecule has 2 aromatic heterocycles. The van der Waals surface area contributed by atoms with Crippen molar-refractivity contribution in [3.05, 3.63) is 23.5 Å². The van der Waals surface area contributed by atoms with E-state index in [0.29, 0.717) is 0 Å². The molecule has 0 aliphatic heterocycles. The van der Waals surface area contributed by atoms with Gasteiger partial charge in [0.25, 0.3) is 0 Å². The van der Waals surface area contributed by atoms with Gasteiger partial charge in [-0.1, -0.05) is 6.92 Å². The summed E-state index contributed by atoms with van der Waals surface area (Å²) in [4.78, 5) is 8.39. The van der Waals surface area contributed by atoms with Gasteiger partial charge in [0.2, 0.25) is 0 Å². The van der Waals surface area contributed by atoms with Crippen molar-refractivity contribution < 1.29 is 0 Å². The van der Waals surface area contributed by atoms with E-state index in [-0.39, 0.29) is 0 Å². The number of hydrogen-bond donors (Lipinski definition) is 0. The lowest BCUT2D eigenvalue weighted by atomic mass is 10.3. The highest BCUT2D eigenvalue weighted by molar-refractivity contribution is 7.16. The minimum atomic E-state index is 0.994. The standard InChI is InChI=1S/C8H8N2S/c1-2-6-3-8-7(4-9-6)10-5-11-8/h3-5H,2H2,1H3. The number of nitrogens with zero attached hydrogens (tertiary/aromatic N) is 2. The molecule has 0 aromatic carbocycles. The number of aryl methyl sites for hydroxylation is 1. The first kappa shape index (κ1) is 6.73. The summed E-state index contributed by atoms with van der Waals surface area (Å²) in [6.45, 7) is 2.11. The quantitative estimate of drug-likeness (QED) is 0.646. The fourth-order valence-electron chi connectivity index (χ4n) is 0.995. The lowest BCUT2D eigenvalue weighted by Crippen LogP contribution is -1.83. The number of pyridine rings is 1. The van der Waals surface area contributed by atoms with Crippen LogP contribution in [0.25, 0.3) is 10.2 Å². The summed E-state index contributed by atoms with van der Waals surface area (Å²) in [7, 11) is 0. The average molecular weight is 164 g/mol. The molecule has 0 unspecified atom stereocenters. The molecule has 0 atom stereocenters. The van der Waals surface area contributed by atoms with Gasteiger partial charge in [-0.25, -0.2) is 4.98 Å². The van der Waals surface area contributed by atoms with Crippen molar-refractivity contribution in [2.24, 2.45) is 0 Å². The summed E-state index contributed by atoms with van der Waals surface area (Å²) in [5.74, 6) is 0. The predicted molar refractivity (Wildman–Crippen MR) is 46.8 cm³/mol. The van der Waals surface area contributed by atoms with E-state index < -0.39 is 0 Å². The van der Waals surface area contributed by atoms with E-state index in [2.05, 4.69) is 23.0 Å². The second-order valence-electron chi connectivity index (χ2n) is 2.35. The van der Waals surface area contributed by atoms with Gasteiger partial charge in [0, 0.05) is 5.69 Å². The lowest BCUT2D eigenvalue weighted by Gasteiger charge is -1.92.